The second-order valence-electron chi connectivity index (χ2n) is 4.53. The number of Topliss-reactive ketones (excluding diaryl/α,β-unsaturated/α-hetero) is 1. The molecule has 1 aliphatic rings. The average molecular weight is 238 g/mol. The smallest absolute Gasteiger partial charge is 0.175 e. The maximum absolute atomic E-state index is 11.7. The molecule has 0 N–H and O–H groups in total. The molecule has 1 atom stereocenters. The summed E-state index contributed by atoms with van der Waals surface area (Å²) in [6.07, 6.45) is 2.53. The van der Waals surface area contributed by atoms with Crippen molar-refractivity contribution in [2.75, 3.05) is 6.26 Å². The van der Waals surface area contributed by atoms with Crippen LogP contribution in [0.2, 0.25) is 0 Å². The van der Waals surface area contributed by atoms with Gasteiger partial charge in [-0.15, -0.1) is 0 Å². The molecule has 0 amide bonds. The summed E-state index contributed by atoms with van der Waals surface area (Å²) in [5.41, 5.74) is 1.55. The highest BCUT2D eigenvalue weighted by molar-refractivity contribution is 7.90. The highest BCUT2D eigenvalue weighted by atomic mass is 32.2. The van der Waals surface area contributed by atoms with E-state index in [2.05, 4.69) is 0 Å². The third-order valence-electron chi connectivity index (χ3n) is 2.91. The van der Waals surface area contributed by atoms with Gasteiger partial charge in [0.15, 0.2) is 15.6 Å². The normalized spacial score (nSPS) is 20.6. The predicted octanol–water partition coefficient (Wildman–Crippen LogP) is 1.86. The zero-order valence-corrected chi connectivity index (χ0v) is 10.2. The zero-order chi connectivity index (χ0) is 11.9. The Labute approximate surface area is 95.4 Å². The zero-order valence-electron chi connectivity index (χ0n) is 9.36. The number of carbonyl (C=O) groups excluding carboxylic acids is 1. The molecule has 4 heteroatoms. The van der Waals surface area contributed by atoms with Crippen molar-refractivity contribution in [2.24, 2.45) is 5.92 Å². The Morgan fingerprint density at radius 2 is 1.94 bits per heavy atom. The molecule has 0 aromatic heterocycles. The molecule has 1 aromatic rings. The number of sulfone groups is 1. The molecule has 86 valence electrons. The SMILES string of the molecule is CC1CC(=O)c2ccc(S(C)(=O)=O)cc2C1. The van der Waals surface area contributed by atoms with Crippen molar-refractivity contribution in [1.82, 2.24) is 0 Å². The molecule has 0 aliphatic heterocycles. The van der Waals surface area contributed by atoms with Gasteiger partial charge >= 0.3 is 0 Å². The van der Waals surface area contributed by atoms with Crippen molar-refractivity contribution in [3.05, 3.63) is 29.3 Å². The van der Waals surface area contributed by atoms with E-state index in [0.717, 1.165) is 12.0 Å². The second kappa shape index (κ2) is 3.70. The van der Waals surface area contributed by atoms with Crippen LogP contribution in [0.1, 0.15) is 29.3 Å². The van der Waals surface area contributed by atoms with Gasteiger partial charge in [0.2, 0.25) is 0 Å². The Kier molecular flexibility index (Phi) is 2.62. The first kappa shape index (κ1) is 11.3. The monoisotopic (exact) mass is 238 g/mol. The fraction of sp³-hybridized carbons (Fsp3) is 0.417. The van der Waals surface area contributed by atoms with Gasteiger partial charge in [-0.2, -0.15) is 0 Å². The van der Waals surface area contributed by atoms with Crippen molar-refractivity contribution in [3.8, 4) is 0 Å². The van der Waals surface area contributed by atoms with Gasteiger partial charge in [0.05, 0.1) is 4.90 Å². The summed E-state index contributed by atoms with van der Waals surface area (Å²) in [6, 6.07) is 4.79. The molecular weight excluding hydrogens is 224 g/mol. The van der Waals surface area contributed by atoms with Gasteiger partial charge in [-0.1, -0.05) is 6.92 Å². The maximum atomic E-state index is 11.7. The van der Waals surface area contributed by atoms with E-state index in [-0.39, 0.29) is 5.78 Å². The lowest BCUT2D eigenvalue weighted by atomic mass is 9.84. The topological polar surface area (TPSA) is 51.2 Å². The Morgan fingerprint density at radius 3 is 2.56 bits per heavy atom. The summed E-state index contributed by atoms with van der Waals surface area (Å²) in [6.45, 7) is 2.01. The molecule has 0 bridgehead atoms. The number of fused-ring (bicyclic) bond motifs is 1. The summed E-state index contributed by atoms with van der Waals surface area (Å²) in [4.78, 5) is 12.0. The molecule has 0 saturated carbocycles. The standard InChI is InChI=1S/C12H14O3S/c1-8-5-9-7-10(16(2,14)15)3-4-11(9)12(13)6-8/h3-4,7-8H,5-6H2,1-2H3. The minimum Gasteiger partial charge on any atom is -0.294 e. The van der Waals surface area contributed by atoms with Crippen LogP contribution in [0.3, 0.4) is 0 Å². The second-order valence-corrected chi connectivity index (χ2v) is 6.54. The molecule has 2 rings (SSSR count). The van der Waals surface area contributed by atoms with Crippen molar-refractivity contribution in [2.45, 2.75) is 24.7 Å². The summed E-state index contributed by atoms with van der Waals surface area (Å²) in [5, 5.41) is 0. The van der Waals surface area contributed by atoms with E-state index < -0.39 is 9.84 Å². The Balaban J connectivity index is 2.55. The molecule has 0 heterocycles. The number of rotatable bonds is 1. The molecular formula is C12H14O3S. The summed E-state index contributed by atoms with van der Waals surface area (Å²) in [5.74, 6) is 0.420. The van der Waals surface area contributed by atoms with Gasteiger partial charge < -0.3 is 0 Å². The minimum atomic E-state index is -3.18. The van der Waals surface area contributed by atoms with Gasteiger partial charge in [-0.3, -0.25) is 4.79 Å². The average Bonchev–Trinajstić information content (AvgIpc) is 2.15. The third kappa shape index (κ3) is 2.02. The van der Waals surface area contributed by atoms with Gasteiger partial charge in [0, 0.05) is 18.2 Å². The quantitative estimate of drug-likeness (QED) is 0.750. The lowest BCUT2D eigenvalue weighted by Gasteiger charge is -2.20. The summed E-state index contributed by atoms with van der Waals surface area (Å²) < 4.78 is 22.8. The van der Waals surface area contributed by atoms with Crippen LogP contribution in [0.5, 0.6) is 0 Å². The van der Waals surface area contributed by atoms with Crippen LogP contribution in [-0.4, -0.2) is 20.5 Å². The highest BCUT2D eigenvalue weighted by Gasteiger charge is 2.23. The summed E-state index contributed by atoms with van der Waals surface area (Å²) >= 11 is 0. The van der Waals surface area contributed by atoms with E-state index in [1.807, 2.05) is 6.92 Å². The fourth-order valence-electron chi connectivity index (χ4n) is 2.12. The number of ketones is 1. The van der Waals surface area contributed by atoms with Crippen LogP contribution in [0.25, 0.3) is 0 Å². The lowest BCUT2D eigenvalue weighted by Crippen LogP contribution is -2.18. The van der Waals surface area contributed by atoms with E-state index in [1.165, 1.54) is 12.3 Å². The van der Waals surface area contributed by atoms with Crippen LogP contribution >= 0.6 is 0 Å². The molecule has 3 nitrogen and oxygen atoms in total. The first-order chi connectivity index (χ1) is 7.38. The molecule has 16 heavy (non-hydrogen) atoms. The van der Waals surface area contributed by atoms with Crippen molar-refractivity contribution >= 4 is 15.6 Å². The number of carbonyl (C=O) groups is 1. The third-order valence-corrected chi connectivity index (χ3v) is 4.02. The number of benzene rings is 1. The van der Waals surface area contributed by atoms with E-state index in [9.17, 15) is 13.2 Å². The number of hydrogen-bond donors (Lipinski definition) is 0. The Hall–Kier alpha value is -1.16. The van der Waals surface area contributed by atoms with Gasteiger partial charge in [-0.05, 0) is 36.1 Å². The summed E-state index contributed by atoms with van der Waals surface area (Å²) in [7, 11) is -3.18. The fourth-order valence-corrected chi connectivity index (χ4v) is 2.79. The van der Waals surface area contributed by atoms with Crippen LogP contribution in [0.15, 0.2) is 23.1 Å². The number of hydrogen-bond acceptors (Lipinski definition) is 3. The highest BCUT2D eigenvalue weighted by Crippen LogP contribution is 2.27. The van der Waals surface area contributed by atoms with Crippen molar-refractivity contribution in [1.29, 1.82) is 0 Å². The van der Waals surface area contributed by atoms with Gasteiger partial charge in [-0.25, -0.2) is 8.42 Å². The first-order valence-electron chi connectivity index (χ1n) is 5.24. The van der Waals surface area contributed by atoms with Crippen LogP contribution in [0, 0.1) is 5.92 Å². The molecule has 1 aliphatic carbocycles. The largest absolute Gasteiger partial charge is 0.294 e. The van der Waals surface area contributed by atoms with E-state index in [4.69, 9.17) is 0 Å². The van der Waals surface area contributed by atoms with Crippen LogP contribution in [-0.2, 0) is 16.3 Å². The van der Waals surface area contributed by atoms with Gasteiger partial charge in [0.25, 0.3) is 0 Å². The minimum absolute atomic E-state index is 0.119. The van der Waals surface area contributed by atoms with Gasteiger partial charge in [0.1, 0.15) is 0 Å². The Bertz CT molecular complexity index is 543. The van der Waals surface area contributed by atoms with E-state index >= 15 is 0 Å². The predicted molar refractivity (Wildman–Crippen MR) is 61.4 cm³/mol. The first-order valence-corrected chi connectivity index (χ1v) is 7.13. The molecule has 0 fully saturated rings. The van der Waals surface area contributed by atoms with Crippen molar-refractivity contribution in [3.63, 3.8) is 0 Å². The molecule has 0 spiro atoms. The Morgan fingerprint density at radius 1 is 1.25 bits per heavy atom. The van der Waals surface area contributed by atoms with Crippen molar-refractivity contribution < 1.29 is 13.2 Å². The van der Waals surface area contributed by atoms with Crippen LogP contribution < -0.4 is 0 Å². The maximum Gasteiger partial charge on any atom is 0.175 e. The van der Waals surface area contributed by atoms with E-state index in [0.29, 0.717) is 22.8 Å². The molecule has 0 saturated heterocycles. The lowest BCUT2D eigenvalue weighted by molar-refractivity contribution is 0.0953. The molecule has 1 unspecified atom stereocenters. The van der Waals surface area contributed by atoms with E-state index in [1.54, 1.807) is 12.1 Å². The molecule has 0 radical (unpaired) electrons. The van der Waals surface area contributed by atoms with Crippen LogP contribution in [0.4, 0.5) is 0 Å². The molecule has 1 aromatic carbocycles.